The highest BCUT2D eigenvalue weighted by Crippen LogP contribution is 2.62. The number of carbonyl (C=O) groups excluding carboxylic acids is 2. The van der Waals surface area contributed by atoms with E-state index in [1.165, 1.54) is 7.11 Å². The van der Waals surface area contributed by atoms with Gasteiger partial charge in [0.2, 0.25) is 0 Å². The van der Waals surface area contributed by atoms with Crippen LogP contribution in [-0.2, 0) is 14.3 Å². The fraction of sp³-hybridized carbons (Fsp3) is 0.467. The van der Waals surface area contributed by atoms with Crippen molar-refractivity contribution in [3.05, 3.63) is 35.9 Å². The Balaban J connectivity index is 1.67. The molecule has 1 amide bonds. The zero-order chi connectivity index (χ0) is 14.3. The Labute approximate surface area is 117 Å². The Morgan fingerprint density at radius 3 is 2.70 bits per heavy atom. The summed E-state index contributed by atoms with van der Waals surface area (Å²) in [7, 11) is 1.32. The highest BCUT2D eigenvalue weighted by molar-refractivity contribution is 5.94. The number of piperidine rings is 1. The molecule has 3 unspecified atom stereocenters. The molecule has 0 aromatic heterocycles. The van der Waals surface area contributed by atoms with E-state index in [1.807, 2.05) is 30.3 Å². The van der Waals surface area contributed by atoms with Crippen molar-refractivity contribution in [3.8, 4) is 0 Å². The summed E-state index contributed by atoms with van der Waals surface area (Å²) >= 11 is 0. The highest BCUT2D eigenvalue weighted by atomic mass is 16.5. The predicted octanol–water partition coefficient (Wildman–Crippen LogP) is 0.536. The monoisotopic (exact) mass is 275 g/mol. The lowest BCUT2D eigenvalue weighted by molar-refractivity contribution is -0.143. The summed E-state index contributed by atoms with van der Waals surface area (Å²) in [6.07, 6.45) is 0.168. The number of amides is 1. The number of esters is 1. The maximum atomic E-state index is 12.3. The summed E-state index contributed by atoms with van der Waals surface area (Å²) in [5.41, 5.74) is -0.265. The molecular formula is C15H17NO4. The van der Waals surface area contributed by atoms with Gasteiger partial charge >= 0.3 is 5.97 Å². The van der Waals surface area contributed by atoms with E-state index >= 15 is 0 Å². The third kappa shape index (κ3) is 1.81. The molecule has 3 rings (SSSR count). The Morgan fingerprint density at radius 1 is 1.45 bits per heavy atom. The number of methoxy groups -OCH3 is 1. The van der Waals surface area contributed by atoms with Crippen LogP contribution in [0.4, 0.5) is 0 Å². The van der Waals surface area contributed by atoms with E-state index in [2.05, 4.69) is 4.74 Å². The first-order valence-corrected chi connectivity index (χ1v) is 6.72. The van der Waals surface area contributed by atoms with Crippen LogP contribution in [0.2, 0.25) is 0 Å². The van der Waals surface area contributed by atoms with E-state index < -0.39 is 5.60 Å². The van der Waals surface area contributed by atoms with Crippen LogP contribution >= 0.6 is 0 Å². The van der Waals surface area contributed by atoms with Gasteiger partial charge in [0, 0.05) is 24.9 Å². The van der Waals surface area contributed by atoms with Crippen LogP contribution in [0.25, 0.3) is 0 Å². The van der Waals surface area contributed by atoms with Gasteiger partial charge < -0.3 is 14.7 Å². The summed E-state index contributed by atoms with van der Waals surface area (Å²) in [4.78, 5) is 24.9. The molecule has 1 saturated heterocycles. The lowest BCUT2D eigenvalue weighted by Gasteiger charge is -2.21. The van der Waals surface area contributed by atoms with Gasteiger partial charge in [-0.3, -0.25) is 9.59 Å². The molecule has 106 valence electrons. The molecule has 0 radical (unpaired) electrons. The van der Waals surface area contributed by atoms with Gasteiger partial charge in [0.05, 0.1) is 13.5 Å². The average Bonchev–Trinajstić information content (AvgIpc) is 3.00. The van der Waals surface area contributed by atoms with Crippen LogP contribution in [0.3, 0.4) is 0 Å². The summed E-state index contributed by atoms with van der Waals surface area (Å²) in [5.74, 6) is -0.772. The SMILES string of the molecule is COC(=O)CCN1CC2C(c3ccccc3)C2(O)C1=O. The van der Waals surface area contributed by atoms with Crippen LogP contribution in [0.1, 0.15) is 17.9 Å². The summed E-state index contributed by atoms with van der Waals surface area (Å²) < 4.78 is 4.56. The van der Waals surface area contributed by atoms with Crippen LogP contribution in [0, 0.1) is 5.92 Å². The number of likely N-dealkylation sites (tertiary alicyclic amines) is 1. The molecular weight excluding hydrogens is 258 g/mol. The van der Waals surface area contributed by atoms with E-state index in [0.29, 0.717) is 13.1 Å². The largest absolute Gasteiger partial charge is 0.469 e. The third-order valence-electron chi connectivity index (χ3n) is 4.35. The fourth-order valence-electron chi connectivity index (χ4n) is 3.22. The lowest BCUT2D eigenvalue weighted by atomic mass is 10.1. The summed E-state index contributed by atoms with van der Waals surface area (Å²) in [5, 5.41) is 10.5. The first-order valence-electron chi connectivity index (χ1n) is 6.72. The summed E-state index contributed by atoms with van der Waals surface area (Å²) in [6.45, 7) is 0.817. The normalized spacial score (nSPS) is 31.1. The molecule has 0 bridgehead atoms. The average molecular weight is 275 g/mol. The molecule has 0 spiro atoms. The van der Waals surface area contributed by atoms with Crippen LogP contribution < -0.4 is 0 Å². The minimum absolute atomic E-state index is 0.0601. The Kier molecular flexibility index (Phi) is 3.01. The number of hydrogen-bond acceptors (Lipinski definition) is 4. The molecule has 2 aliphatic rings. The highest BCUT2D eigenvalue weighted by Gasteiger charge is 2.74. The van der Waals surface area contributed by atoms with Crippen molar-refractivity contribution in [2.75, 3.05) is 20.2 Å². The second-order valence-corrected chi connectivity index (χ2v) is 5.40. The molecule has 2 fully saturated rings. The van der Waals surface area contributed by atoms with Crippen molar-refractivity contribution in [2.45, 2.75) is 17.9 Å². The van der Waals surface area contributed by atoms with Gasteiger partial charge in [0.15, 0.2) is 5.60 Å². The molecule has 5 nitrogen and oxygen atoms in total. The van der Waals surface area contributed by atoms with Crippen LogP contribution in [-0.4, -0.2) is 47.7 Å². The van der Waals surface area contributed by atoms with E-state index in [9.17, 15) is 14.7 Å². The third-order valence-corrected chi connectivity index (χ3v) is 4.35. The number of hydrogen-bond donors (Lipinski definition) is 1. The molecule has 5 heteroatoms. The molecule has 1 aliphatic carbocycles. The quantitative estimate of drug-likeness (QED) is 0.814. The topological polar surface area (TPSA) is 66.8 Å². The van der Waals surface area contributed by atoms with E-state index in [0.717, 1.165) is 5.56 Å². The number of benzene rings is 1. The van der Waals surface area contributed by atoms with Gasteiger partial charge in [0.1, 0.15) is 0 Å². The Morgan fingerprint density at radius 2 is 2.15 bits per heavy atom. The van der Waals surface area contributed by atoms with E-state index in [4.69, 9.17) is 0 Å². The molecule has 1 aliphatic heterocycles. The number of fused-ring (bicyclic) bond motifs is 1. The molecule has 1 saturated carbocycles. The molecule has 20 heavy (non-hydrogen) atoms. The first kappa shape index (κ1) is 13.1. The number of nitrogens with zero attached hydrogens (tertiary/aromatic N) is 1. The van der Waals surface area contributed by atoms with Crippen molar-refractivity contribution < 1.29 is 19.4 Å². The van der Waals surface area contributed by atoms with Gasteiger partial charge in [-0.2, -0.15) is 0 Å². The molecule has 1 aromatic carbocycles. The lowest BCUT2D eigenvalue weighted by Crippen LogP contribution is -2.37. The first-order chi connectivity index (χ1) is 9.59. The number of rotatable bonds is 4. The minimum Gasteiger partial charge on any atom is -0.469 e. The van der Waals surface area contributed by atoms with Crippen LogP contribution in [0.15, 0.2) is 30.3 Å². The zero-order valence-corrected chi connectivity index (χ0v) is 11.3. The number of ether oxygens (including phenoxy) is 1. The molecule has 3 atom stereocenters. The second-order valence-electron chi connectivity index (χ2n) is 5.40. The van der Waals surface area contributed by atoms with Crippen molar-refractivity contribution in [2.24, 2.45) is 5.92 Å². The smallest absolute Gasteiger partial charge is 0.307 e. The van der Waals surface area contributed by atoms with Gasteiger partial charge in [-0.05, 0) is 5.56 Å². The maximum absolute atomic E-state index is 12.3. The van der Waals surface area contributed by atoms with Crippen molar-refractivity contribution in [1.82, 2.24) is 4.90 Å². The fourth-order valence-corrected chi connectivity index (χ4v) is 3.22. The second kappa shape index (κ2) is 4.59. The molecule has 1 heterocycles. The predicted molar refractivity (Wildman–Crippen MR) is 70.8 cm³/mol. The minimum atomic E-state index is -1.27. The number of carbonyl (C=O) groups is 2. The van der Waals surface area contributed by atoms with Gasteiger partial charge in [-0.25, -0.2) is 0 Å². The van der Waals surface area contributed by atoms with E-state index in [-0.39, 0.29) is 30.1 Å². The van der Waals surface area contributed by atoms with Crippen LogP contribution in [0.5, 0.6) is 0 Å². The molecule has 1 aromatic rings. The van der Waals surface area contributed by atoms with Gasteiger partial charge in [0.25, 0.3) is 5.91 Å². The van der Waals surface area contributed by atoms with Crippen molar-refractivity contribution in [1.29, 1.82) is 0 Å². The van der Waals surface area contributed by atoms with Crippen molar-refractivity contribution in [3.63, 3.8) is 0 Å². The standard InChI is InChI=1S/C15H17NO4/c1-20-12(17)7-8-16-9-11-13(15(11,19)14(16)18)10-5-3-2-4-6-10/h2-6,11,13,19H,7-9H2,1H3. The van der Waals surface area contributed by atoms with Crippen molar-refractivity contribution >= 4 is 11.9 Å². The van der Waals surface area contributed by atoms with Gasteiger partial charge in [-0.1, -0.05) is 30.3 Å². The zero-order valence-electron chi connectivity index (χ0n) is 11.3. The maximum Gasteiger partial charge on any atom is 0.307 e. The number of aliphatic hydroxyl groups is 1. The Hall–Kier alpha value is -1.88. The molecule has 1 N–H and O–H groups in total. The summed E-state index contributed by atoms with van der Waals surface area (Å²) in [6, 6.07) is 9.61. The van der Waals surface area contributed by atoms with Gasteiger partial charge in [-0.15, -0.1) is 0 Å². The Bertz CT molecular complexity index is 544. The van der Waals surface area contributed by atoms with E-state index in [1.54, 1.807) is 4.90 Å².